The maximum absolute atomic E-state index is 13.2. The number of terminal acetylenes is 1. The summed E-state index contributed by atoms with van der Waals surface area (Å²) >= 11 is 1.49. The SMILES string of the molecule is C#CCC(CSc1ccccc1F)NC. The second kappa shape index (κ2) is 6.49. The van der Waals surface area contributed by atoms with Crippen LogP contribution in [0, 0.1) is 18.2 Å². The second-order valence-corrected chi connectivity index (χ2v) is 4.20. The molecular formula is C12H14FNS. The fourth-order valence-electron chi connectivity index (χ4n) is 1.14. The highest BCUT2D eigenvalue weighted by Gasteiger charge is 2.07. The molecule has 0 aliphatic carbocycles. The fraction of sp³-hybridized carbons (Fsp3) is 0.333. The van der Waals surface area contributed by atoms with E-state index < -0.39 is 0 Å². The van der Waals surface area contributed by atoms with Gasteiger partial charge in [-0.15, -0.1) is 24.1 Å². The summed E-state index contributed by atoms with van der Waals surface area (Å²) in [5, 5.41) is 3.11. The molecule has 1 rings (SSSR count). The Bertz CT molecular complexity index is 346. The van der Waals surface area contributed by atoms with Crippen LogP contribution in [0.5, 0.6) is 0 Å². The predicted molar refractivity (Wildman–Crippen MR) is 63.4 cm³/mol. The van der Waals surface area contributed by atoms with Gasteiger partial charge in [0.1, 0.15) is 5.82 Å². The highest BCUT2D eigenvalue weighted by Crippen LogP contribution is 2.22. The Balaban J connectivity index is 2.49. The number of hydrogen-bond acceptors (Lipinski definition) is 2. The zero-order valence-corrected chi connectivity index (χ0v) is 9.48. The average molecular weight is 223 g/mol. The van der Waals surface area contributed by atoms with Gasteiger partial charge in [-0.05, 0) is 19.2 Å². The van der Waals surface area contributed by atoms with Crippen molar-refractivity contribution in [2.24, 2.45) is 0 Å². The molecule has 0 bridgehead atoms. The number of halogens is 1. The van der Waals surface area contributed by atoms with Crippen LogP contribution in [-0.2, 0) is 0 Å². The Hall–Kier alpha value is -0.980. The van der Waals surface area contributed by atoms with E-state index in [1.165, 1.54) is 17.8 Å². The average Bonchev–Trinajstić information content (AvgIpc) is 2.26. The normalized spacial score (nSPS) is 12.1. The summed E-state index contributed by atoms with van der Waals surface area (Å²) in [4.78, 5) is 0.676. The molecule has 0 amide bonds. The Labute approximate surface area is 94.5 Å². The summed E-state index contributed by atoms with van der Waals surface area (Å²) < 4.78 is 13.2. The number of hydrogen-bond donors (Lipinski definition) is 1. The van der Waals surface area contributed by atoms with E-state index in [1.54, 1.807) is 12.1 Å². The van der Waals surface area contributed by atoms with Crippen molar-refractivity contribution in [3.8, 4) is 12.3 Å². The number of nitrogens with one attached hydrogen (secondary N) is 1. The van der Waals surface area contributed by atoms with Crippen molar-refractivity contribution < 1.29 is 4.39 Å². The van der Waals surface area contributed by atoms with Gasteiger partial charge in [0.25, 0.3) is 0 Å². The van der Waals surface area contributed by atoms with Crippen LogP contribution in [0.4, 0.5) is 4.39 Å². The van der Waals surface area contributed by atoms with Crippen molar-refractivity contribution in [3.63, 3.8) is 0 Å². The molecular weight excluding hydrogens is 209 g/mol. The minimum absolute atomic E-state index is 0.168. The molecule has 1 aromatic carbocycles. The number of rotatable bonds is 5. The van der Waals surface area contributed by atoms with Gasteiger partial charge < -0.3 is 5.32 Å². The van der Waals surface area contributed by atoms with E-state index in [4.69, 9.17) is 6.42 Å². The lowest BCUT2D eigenvalue weighted by molar-refractivity contribution is 0.600. The first-order valence-electron chi connectivity index (χ1n) is 4.76. The second-order valence-electron chi connectivity index (χ2n) is 3.14. The maximum atomic E-state index is 13.2. The van der Waals surface area contributed by atoms with E-state index in [9.17, 15) is 4.39 Å². The summed E-state index contributed by atoms with van der Waals surface area (Å²) in [6, 6.07) is 7.01. The van der Waals surface area contributed by atoms with Crippen LogP contribution in [0.1, 0.15) is 6.42 Å². The van der Waals surface area contributed by atoms with E-state index in [0.29, 0.717) is 11.3 Å². The minimum atomic E-state index is -0.168. The Kier molecular flexibility index (Phi) is 5.23. The third-order valence-corrected chi connectivity index (χ3v) is 3.26. The quantitative estimate of drug-likeness (QED) is 0.608. The smallest absolute Gasteiger partial charge is 0.136 e. The molecule has 0 spiro atoms. The molecule has 0 aromatic heterocycles. The molecule has 1 nitrogen and oxygen atoms in total. The predicted octanol–water partition coefficient (Wildman–Crippen LogP) is 2.53. The van der Waals surface area contributed by atoms with Gasteiger partial charge in [0.05, 0.1) is 0 Å². The highest BCUT2D eigenvalue weighted by molar-refractivity contribution is 7.99. The molecule has 0 radical (unpaired) electrons. The van der Waals surface area contributed by atoms with Crippen LogP contribution in [-0.4, -0.2) is 18.8 Å². The molecule has 0 aliphatic heterocycles. The van der Waals surface area contributed by atoms with Crippen molar-refractivity contribution in [3.05, 3.63) is 30.1 Å². The van der Waals surface area contributed by atoms with E-state index in [0.717, 1.165) is 5.75 Å². The van der Waals surface area contributed by atoms with E-state index in [2.05, 4.69) is 11.2 Å². The fourth-order valence-corrected chi connectivity index (χ4v) is 2.18. The molecule has 0 saturated heterocycles. The van der Waals surface area contributed by atoms with Gasteiger partial charge in [0, 0.05) is 23.1 Å². The molecule has 1 atom stereocenters. The van der Waals surface area contributed by atoms with E-state index in [1.807, 2.05) is 13.1 Å². The van der Waals surface area contributed by atoms with Crippen LogP contribution >= 0.6 is 11.8 Å². The largest absolute Gasteiger partial charge is 0.315 e. The molecule has 1 N–H and O–H groups in total. The zero-order chi connectivity index (χ0) is 11.1. The molecule has 0 aliphatic rings. The molecule has 0 fully saturated rings. The minimum Gasteiger partial charge on any atom is -0.315 e. The van der Waals surface area contributed by atoms with Crippen molar-refractivity contribution in [1.82, 2.24) is 5.32 Å². The molecule has 80 valence electrons. The summed E-state index contributed by atoms with van der Waals surface area (Å²) in [6.45, 7) is 0. The van der Waals surface area contributed by atoms with E-state index in [-0.39, 0.29) is 11.9 Å². The van der Waals surface area contributed by atoms with E-state index >= 15 is 0 Å². The van der Waals surface area contributed by atoms with Gasteiger partial charge in [-0.1, -0.05) is 12.1 Å². The first-order valence-corrected chi connectivity index (χ1v) is 5.74. The Morgan fingerprint density at radius 1 is 1.53 bits per heavy atom. The van der Waals surface area contributed by atoms with Crippen LogP contribution in [0.2, 0.25) is 0 Å². The van der Waals surface area contributed by atoms with Gasteiger partial charge in [0.15, 0.2) is 0 Å². The van der Waals surface area contributed by atoms with Crippen molar-refractivity contribution in [1.29, 1.82) is 0 Å². The Morgan fingerprint density at radius 2 is 2.27 bits per heavy atom. The van der Waals surface area contributed by atoms with Crippen LogP contribution in [0.3, 0.4) is 0 Å². The molecule has 3 heteroatoms. The third kappa shape index (κ3) is 3.94. The third-order valence-electron chi connectivity index (χ3n) is 2.05. The van der Waals surface area contributed by atoms with Gasteiger partial charge in [-0.25, -0.2) is 4.39 Å². The Morgan fingerprint density at radius 3 is 2.87 bits per heavy atom. The van der Waals surface area contributed by atoms with Crippen LogP contribution < -0.4 is 5.32 Å². The van der Waals surface area contributed by atoms with Gasteiger partial charge in [0.2, 0.25) is 0 Å². The molecule has 0 heterocycles. The number of thioether (sulfide) groups is 1. The highest BCUT2D eigenvalue weighted by atomic mass is 32.2. The van der Waals surface area contributed by atoms with Crippen LogP contribution in [0.25, 0.3) is 0 Å². The zero-order valence-electron chi connectivity index (χ0n) is 8.66. The topological polar surface area (TPSA) is 12.0 Å². The van der Waals surface area contributed by atoms with Crippen molar-refractivity contribution in [2.75, 3.05) is 12.8 Å². The van der Waals surface area contributed by atoms with Gasteiger partial charge >= 0.3 is 0 Å². The number of benzene rings is 1. The monoisotopic (exact) mass is 223 g/mol. The van der Waals surface area contributed by atoms with Crippen LogP contribution in [0.15, 0.2) is 29.2 Å². The van der Waals surface area contributed by atoms with Gasteiger partial charge in [-0.2, -0.15) is 0 Å². The van der Waals surface area contributed by atoms with Crippen molar-refractivity contribution >= 4 is 11.8 Å². The lowest BCUT2D eigenvalue weighted by Gasteiger charge is -2.12. The summed E-state index contributed by atoms with van der Waals surface area (Å²) in [6.07, 6.45) is 5.90. The lowest BCUT2D eigenvalue weighted by Crippen LogP contribution is -2.27. The summed E-state index contributed by atoms with van der Waals surface area (Å²) in [5.74, 6) is 3.21. The first kappa shape index (κ1) is 12.1. The molecule has 1 unspecified atom stereocenters. The molecule has 0 saturated carbocycles. The van der Waals surface area contributed by atoms with Gasteiger partial charge in [-0.3, -0.25) is 0 Å². The summed E-state index contributed by atoms with van der Waals surface area (Å²) in [5.41, 5.74) is 0. The molecule has 1 aromatic rings. The standard InChI is InChI=1S/C12H14FNS/c1-3-6-10(14-2)9-15-12-8-5-4-7-11(12)13/h1,4-5,7-8,10,14H,6,9H2,2H3. The maximum Gasteiger partial charge on any atom is 0.136 e. The molecule has 15 heavy (non-hydrogen) atoms. The summed E-state index contributed by atoms with van der Waals surface area (Å²) in [7, 11) is 1.86. The first-order chi connectivity index (χ1) is 7.27. The lowest BCUT2D eigenvalue weighted by atomic mass is 10.2. The van der Waals surface area contributed by atoms with Crippen molar-refractivity contribution in [2.45, 2.75) is 17.4 Å².